The van der Waals surface area contributed by atoms with E-state index in [2.05, 4.69) is 15.5 Å². The lowest BCUT2D eigenvalue weighted by Gasteiger charge is -2.41. The fourth-order valence-corrected chi connectivity index (χ4v) is 4.78. The van der Waals surface area contributed by atoms with Crippen molar-refractivity contribution in [2.45, 2.75) is 58.1 Å². The lowest BCUT2D eigenvalue weighted by Crippen LogP contribution is -2.58. The van der Waals surface area contributed by atoms with E-state index in [4.69, 9.17) is 4.74 Å². The van der Waals surface area contributed by atoms with E-state index >= 15 is 0 Å². The summed E-state index contributed by atoms with van der Waals surface area (Å²) in [6.07, 6.45) is 3.57. The van der Waals surface area contributed by atoms with Crippen LogP contribution in [-0.4, -0.2) is 65.7 Å². The van der Waals surface area contributed by atoms with Gasteiger partial charge in [0.05, 0.1) is 6.04 Å². The van der Waals surface area contributed by atoms with Crippen LogP contribution in [0.1, 0.15) is 46.5 Å². The van der Waals surface area contributed by atoms with Crippen molar-refractivity contribution >= 4 is 29.3 Å². The number of hydrogen-bond donors (Lipinski definition) is 3. The molecule has 0 radical (unpaired) electrons. The number of likely N-dealkylation sites (tertiary alicyclic amines) is 1. The van der Waals surface area contributed by atoms with Gasteiger partial charge in [0.1, 0.15) is 16.9 Å². The summed E-state index contributed by atoms with van der Waals surface area (Å²) >= 11 is 0. The number of carbonyl (C=O) groups is 3. The molecule has 9 heteroatoms. The number of carbonyl (C=O) groups excluding carboxylic acids is 3. The number of benzene rings is 1. The molecular weight excluding hydrogens is 436 g/mol. The van der Waals surface area contributed by atoms with Crippen LogP contribution in [-0.2, 0) is 14.3 Å². The zero-order valence-electron chi connectivity index (χ0n) is 20.1. The van der Waals surface area contributed by atoms with Gasteiger partial charge in [-0.15, -0.1) is 0 Å². The number of nitrogens with one attached hydrogen (secondary N) is 2. The number of aliphatic hydroxyl groups is 1. The molecule has 1 aromatic carbocycles. The van der Waals surface area contributed by atoms with E-state index in [0.717, 1.165) is 18.8 Å². The maximum atomic E-state index is 12.9. The summed E-state index contributed by atoms with van der Waals surface area (Å²) in [4.78, 5) is 41.9. The molecule has 2 unspecified atom stereocenters. The van der Waals surface area contributed by atoms with E-state index in [1.165, 1.54) is 24.2 Å². The molecule has 2 saturated heterocycles. The van der Waals surface area contributed by atoms with Crippen molar-refractivity contribution < 1.29 is 24.2 Å². The molecule has 0 saturated carbocycles. The van der Waals surface area contributed by atoms with Gasteiger partial charge in [-0.05, 0) is 70.7 Å². The van der Waals surface area contributed by atoms with Crippen molar-refractivity contribution in [2.75, 3.05) is 36.4 Å². The Bertz CT molecular complexity index is 976. The number of fused-ring (bicyclic) bond motifs is 1. The summed E-state index contributed by atoms with van der Waals surface area (Å²) in [7, 11) is 0. The fourth-order valence-electron chi connectivity index (χ4n) is 4.78. The summed E-state index contributed by atoms with van der Waals surface area (Å²) in [5, 5.41) is 16.3. The minimum atomic E-state index is -0.646. The Hall–Kier alpha value is -3.23. The molecule has 2 atom stereocenters. The topological polar surface area (TPSA) is 111 Å². The molecule has 0 spiro atoms. The van der Waals surface area contributed by atoms with Gasteiger partial charge < -0.3 is 30.3 Å². The zero-order chi connectivity index (χ0) is 24.5. The van der Waals surface area contributed by atoms with Gasteiger partial charge in [0, 0.05) is 43.5 Å². The first-order valence-corrected chi connectivity index (χ1v) is 12.0. The molecule has 4 rings (SSSR count). The normalized spacial score (nSPS) is 23.2. The molecule has 2 fully saturated rings. The number of nitrogens with zero attached hydrogens (tertiary/aromatic N) is 2. The molecule has 3 heterocycles. The molecular formula is C25H34N4O5. The summed E-state index contributed by atoms with van der Waals surface area (Å²) in [5.74, 6) is -1.94. The molecule has 184 valence electrons. The largest absolute Gasteiger partial charge is 0.511 e. The highest BCUT2D eigenvalue weighted by molar-refractivity contribution is 6.23. The molecule has 9 nitrogen and oxygen atoms in total. The number of aliphatic hydroxyl groups excluding tert-OH is 1. The van der Waals surface area contributed by atoms with Crippen molar-refractivity contribution in [3.63, 3.8) is 0 Å². The minimum Gasteiger partial charge on any atom is -0.511 e. The second-order valence-corrected chi connectivity index (χ2v) is 10.2. The highest BCUT2D eigenvalue weighted by Gasteiger charge is 2.43. The molecule has 3 aliphatic heterocycles. The molecule has 3 amide bonds. The summed E-state index contributed by atoms with van der Waals surface area (Å²) in [6, 6.07) is 7.05. The van der Waals surface area contributed by atoms with Crippen LogP contribution in [0.5, 0.6) is 0 Å². The Morgan fingerprint density at radius 3 is 2.41 bits per heavy atom. The minimum absolute atomic E-state index is 0.211. The molecule has 0 bridgehead atoms. The van der Waals surface area contributed by atoms with Crippen LogP contribution in [0.25, 0.3) is 0 Å². The van der Waals surface area contributed by atoms with Gasteiger partial charge in [-0.1, -0.05) is 0 Å². The quantitative estimate of drug-likeness (QED) is 0.585. The van der Waals surface area contributed by atoms with Gasteiger partial charge in [-0.25, -0.2) is 4.79 Å². The Kier molecular flexibility index (Phi) is 6.72. The number of rotatable bonds is 3. The average Bonchev–Trinajstić information content (AvgIpc) is 2.78. The van der Waals surface area contributed by atoms with Crippen LogP contribution in [0.3, 0.4) is 0 Å². The van der Waals surface area contributed by atoms with E-state index in [-0.39, 0.29) is 17.9 Å². The molecule has 1 aromatic rings. The van der Waals surface area contributed by atoms with E-state index in [0.29, 0.717) is 18.7 Å². The predicted molar refractivity (Wildman–Crippen MR) is 129 cm³/mol. The van der Waals surface area contributed by atoms with Crippen molar-refractivity contribution in [3.8, 4) is 0 Å². The van der Waals surface area contributed by atoms with Crippen LogP contribution in [0.4, 0.5) is 16.2 Å². The zero-order valence-corrected chi connectivity index (χ0v) is 20.1. The van der Waals surface area contributed by atoms with Gasteiger partial charge in [0.25, 0.3) is 11.8 Å². The first-order chi connectivity index (χ1) is 16.1. The summed E-state index contributed by atoms with van der Waals surface area (Å²) in [6.45, 7) is 8.01. The number of amides is 3. The summed E-state index contributed by atoms with van der Waals surface area (Å²) in [5.41, 5.74) is 0.769. The second kappa shape index (κ2) is 9.56. The average molecular weight is 471 g/mol. The second-order valence-electron chi connectivity index (χ2n) is 10.2. The van der Waals surface area contributed by atoms with E-state index in [1.807, 2.05) is 24.3 Å². The molecule has 34 heavy (non-hydrogen) atoms. The van der Waals surface area contributed by atoms with Gasteiger partial charge in [0.2, 0.25) is 0 Å². The predicted octanol–water partition coefficient (Wildman–Crippen LogP) is 3.18. The van der Waals surface area contributed by atoms with Gasteiger partial charge in [0.15, 0.2) is 0 Å². The van der Waals surface area contributed by atoms with E-state index in [9.17, 15) is 19.5 Å². The Balaban J connectivity index is 1.41. The molecule has 0 aliphatic carbocycles. The van der Waals surface area contributed by atoms with Crippen LogP contribution >= 0.6 is 0 Å². The standard InChI is InChI=1S/C25H34N4O5/c1-25(2,3)34-24(33)29-14-11-18-19(15-29)27-23(32)20(21(18)30)22(31)26-16-7-9-17(10-8-16)28-12-5-4-6-13-28/h7-10,18-19,30H,4-6,11-15H2,1-3H3,(H,26,31)(H,27,32). The maximum absolute atomic E-state index is 12.9. The Morgan fingerprint density at radius 2 is 1.76 bits per heavy atom. The van der Waals surface area contributed by atoms with Crippen molar-refractivity contribution in [1.82, 2.24) is 10.2 Å². The highest BCUT2D eigenvalue weighted by atomic mass is 16.6. The Labute approximate surface area is 200 Å². The maximum Gasteiger partial charge on any atom is 0.410 e. The number of anilines is 2. The third-order valence-electron chi connectivity index (χ3n) is 6.49. The third-order valence-corrected chi connectivity index (χ3v) is 6.49. The van der Waals surface area contributed by atoms with Crippen molar-refractivity contribution in [1.29, 1.82) is 0 Å². The van der Waals surface area contributed by atoms with Crippen LogP contribution in [0, 0.1) is 5.92 Å². The Morgan fingerprint density at radius 1 is 1.09 bits per heavy atom. The molecule has 3 aliphatic rings. The van der Waals surface area contributed by atoms with Crippen molar-refractivity contribution in [3.05, 3.63) is 35.6 Å². The SMILES string of the molecule is CC(C)(C)OC(=O)N1CCC2C(O)=C(C(=O)Nc3ccc(N4CCCCC4)cc3)C(=O)NC2C1. The third kappa shape index (κ3) is 5.29. The smallest absolute Gasteiger partial charge is 0.410 e. The molecule has 3 N–H and O–H groups in total. The van der Waals surface area contributed by atoms with Crippen LogP contribution in [0.15, 0.2) is 35.6 Å². The highest BCUT2D eigenvalue weighted by Crippen LogP contribution is 2.31. The first kappa shape index (κ1) is 23.9. The van der Waals surface area contributed by atoms with Crippen LogP contribution in [0.2, 0.25) is 0 Å². The van der Waals surface area contributed by atoms with E-state index < -0.39 is 35.5 Å². The van der Waals surface area contributed by atoms with Crippen LogP contribution < -0.4 is 15.5 Å². The summed E-state index contributed by atoms with van der Waals surface area (Å²) < 4.78 is 5.42. The number of ether oxygens (including phenoxy) is 1. The van der Waals surface area contributed by atoms with Crippen molar-refractivity contribution in [2.24, 2.45) is 5.92 Å². The van der Waals surface area contributed by atoms with Gasteiger partial charge >= 0.3 is 6.09 Å². The molecule has 0 aromatic heterocycles. The monoisotopic (exact) mass is 470 g/mol. The fraction of sp³-hybridized carbons (Fsp3) is 0.560. The number of piperidine rings is 2. The van der Waals surface area contributed by atoms with E-state index in [1.54, 1.807) is 20.8 Å². The lowest BCUT2D eigenvalue weighted by molar-refractivity contribution is -0.124. The lowest BCUT2D eigenvalue weighted by atomic mass is 9.84. The first-order valence-electron chi connectivity index (χ1n) is 12.0. The van der Waals surface area contributed by atoms with Gasteiger partial charge in [-0.2, -0.15) is 0 Å². The van der Waals surface area contributed by atoms with Gasteiger partial charge in [-0.3, -0.25) is 9.59 Å². The number of hydrogen-bond acceptors (Lipinski definition) is 6.